The molecule has 1 aromatic carbocycles. The average molecular weight is 546 g/mol. The largest absolute Gasteiger partial charge is 0.453 e. The SMILES string of the molecule is COC(=O)NC1Cc2ccccc2N(C(=O)CC(C)(C)C[C@H](N)[C@@H](O)CNC(=O)C(C)(C)N2CCCCC2)C1. The minimum Gasteiger partial charge on any atom is -0.453 e. The van der Waals surface area contributed by atoms with Crippen LogP contribution in [0.1, 0.15) is 65.4 Å². The Morgan fingerprint density at radius 1 is 1.13 bits per heavy atom. The van der Waals surface area contributed by atoms with Gasteiger partial charge in [-0.15, -0.1) is 0 Å². The summed E-state index contributed by atoms with van der Waals surface area (Å²) in [5, 5.41) is 16.5. The number of carbonyl (C=O) groups excluding carboxylic acids is 3. The van der Waals surface area contributed by atoms with E-state index >= 15 is 0 Å². The number of ether oxygens (including phenoxy) is 1. The first-order valence-corrected chi connectivity index (χ1v) is 14.0. The molecule has 218 valence electrons. The van der Waals surface area contributed by atoms with Crippen LogP contribution in [0.25, 0.3) is 0 Å². The molecule has 10 nitrogen and oxygen atoms in total. The van der Waals surface area contributed by atoms with Crippen molar-refractivity contribution in [2.45, 2.75) is 89.9 Å². The number of hydrogen-bond donors (Lipinski definition) is 4. The molecular formula is C29H47N5O5. The van der Waals surface area contributed by atoms with Crippen molar-refractivity contribution in [3.63, 3.8) is 0 Å². The van der Waals surface area contributed by atoms with E-state index in [4.69, 9.17) is 10.5 Å². The number of fused-ring (bicyclic) bond motifs is 1. The fourth-order valence-electron chi connectivity index (χ4n) is 5.67. The summed E-state index contributed by atoms with van der Waals surface area (Å²) in [6.45, 7) is 9.93. The molecule has 3 amide bonds. The van der Waals surface area contributed by atoms with Crippen LogP contribution in [0, 0.1) is 5.41 Å². The van der Waals surface area contributed by atoms with E-state index in [1.165, 1.54) is 13.5 Å². The van der Waals surface area contributed by atoms with Crippen molar-refractivity contribution in [2.75, 3.05) is 38.2 Å². The zero-order chi connectivity index (χ0) is 28.8. The third-order valence-corrected chi connectivity index (χ3v) is 8.05. The van der Waals surface area contributed by atoms with Crippen LogP contribution in [0.3, 0.4) is 0 Å². The molecule has 10 heteroatoms. The molecule has 3 rings (SSSR count). The Morgan fingerprint density at radius 3 is 2.46 bits per heavy atom. The number of anilines is 1. The zero-order valence-corrected chi connectivity index (χ0v) is 24.2. The van der Waals surface area contributed by atoms with Gasteiger partial charge in [-0.25, -0.2) is 4.79 Å². The first-order chi connectivity index (χ1) is 18.3. The second-order valence-corrected chi connectivity index (χ2v) is 12.3. The number of hydrogen-bond acceptors (Lipinski definition) is 7. The smallest absolute Gasteiger partial charge is 0.407 e. The van der Waals surface area contributed by atoms with Crippen LogP contribution >= 0.6 is 0 Å². The zero-order valence-electron chi connectivity index (χ0n) is 24.2. The molecule has 39 heavy (non-hydrogen) atoms. The van der Waals surface area contributed by atoms with Gasteiger partial charge in [0.05, 0.1) is 24.8 Å². The van der Waals surface area contributed by atoms with Crippen molar-refractivity contribution in [1.82, 2.24) is 15.5 Å². The molecule has 0 aromatic heterocycles. The Kier molecular flexibility index (Phi) is 10.4. The summed E-state index contributed by atoms with van der Waals surface area (Å²) in [4.78, 5) is 42.2. The molecule has 2 heterocycles. The molecule has 1 unspecified atom stereocenters. The first-order valence-electron chi connectivity index (χ1n) is 14.0. The van der Waals surface area contributed by atoms with Crippen LogP contribution in [0.4, 0.5) is 10.5 Å². The van der Waals surface area contributed by atoms with Crippen molar-refractivity contribution in [3.05, 3.63) is 29.8 Å². The van der Waals surface area contributed by atoms with Crippen LogP contribution in [-0.4, -0.2) is 84.9 Å². The number of aliphatic hydroxyl groups is 1. The Morgan fingerprint density at radius 2 is 1.79 bits per heavy atom. The maximum atomic E-state index is 13.5. The molecule has 0 radical (unpaired) electrons. The van der Waals surface area contributed by atoms with Gasteiger partial charge in [0, 0.05) is 31.2 Å². The lowest BCUT2D eigenvalue weighted by Crippen LogP contribution is -2.58. The lowest BCUT2D eigenvalue weighted by atomic mass is 9.80. The normalized spacial score (nSPS) is 20.0. The van der Waals surface area contributed by atoms with Gasteiger partial charge in [0.1, 0.15) is 0 Å². The van der Waals surface area contributed by atoms with Gasteiger partial charge in [-0.3, -0.25) is 14.5 Å². The number of likely N-dealkylation sites (tertiary alicyclic amines) is 1. The Bertz CT molecular complexity index is 1010. The standard InChI is InChI=1S/C29H47N5O5/c1-28(2,16-22(30)24(35)18-31-26(37)29(3,4)33-13-9-6-10-14-33)17-25(36)34-19-21(32-27(38)39-5)15-20-11-7-8-12-23(20)34/h7-8,11-12,21-22,24,35H,6,9-10,13-19,30H2,1-5H3,(H,31,37)(H,32,38)/t21?,22-,24-/m0/s1. The number of nitrogens with two attached hydrogens (primary N) is 1. The van der Waals surface area contributed by atoms with Crippen LogP contribution in [0.15, 0.2) is 24.3 Å². The Balaban J connectivity index is 1.56. The molecule has 0 spiro atoms. The number of methoxy groups -OCH3 is 1. The number of aliphatic hydroxyl groups excluding tert-OH is 1. The van der Waals surface area contributed by atoms with E-state index in [0.29, 0.717) is 19.4 Å². The Hall–Kier alpha value is -2.69. The molecule has 1 fully saturated rings. The molecule has 0 aliphatic carbocycles. The fourth-order valence-corrected chi connectivity index (χ4v) is 5.67. The summed E-state index contributed by atoms with van der Waals surface area (Å²) in [6, 6.07) is 6.80. The van der Waals surface area contributed by atoms with E-state index in [0.717, 1.165) is 37.2 Å². The monoisotopic (exact) mass is 545 g/mol. The summed E-state index contributed by atoms with van der Waals surface area (Å²) >= 11 is 0. The van der Waals surface area contributed by atoms with E-state index in [2.05, 4.69) is 15.5 Å². The maximum Gasteiger partial charge on any atom is 0.407 e. The van der Waals surface area contributed by atoms with Gasteiger partial charge in [0.15, 0.2) is 0 Å². The predicted molar refractivity (Wildman–Crippen MR) is 151 cm³/mol. The van der Waals surface area contributed by atoms with Crippen LogP contribution in [0.2, 0.25) is 0 Å². The third-order valence-electron chi connectivity index (χ3n) is 8.05. The van der Waals surface area contributed by atoms with Gasteiger partial charge >= 0.3 is 6.09 Å². The lowest BCUT2D eigenvalue weighted by molar-refractivity contribution is -0.132. The van der Waals surface area contributed by atoms with Crippen molar-refractivity contribution in [3.8, 4) is 0 Å². The van der Waals surface area contributed by atoms with Crippen molar-refractivity contribution < 1.29 is 24.2 Å². The molecule has 2 aliphatic rings. The summed E-state index contributed by atoms with van der Waals surface area (Å²) < 4.78 is 4.75. The van der Waals surface area contributed by atoms with Gasteiger partial charge in [-0.2, -0.15) is 0 Å². The van der Waals surface area contributed by atoms with Gasteiger partial charge < -0.3 is 31.1 Å². The van der Waals surface area contributed by atoms with Crippen LogP contribution in [-0.2, 0) is 20.7 Å². The molecule has 0 saturated carbocycles. The van der Waals surface area contributed by atoms with Crippen LogP contribution < -0.4 is 21.3 Å². The number of alkyl carbamates (subject to hydrolysis) is 1. The minimum absolute atomic E-state index is 0.0572. The molecule has 3 atom stereocenters. The molecule has 0 bridgehead atoms. The number of benzene rings is 1. The highest BCUT2D eigenvalue weighted by Gasteiger charge is 2.37. The molecule has 2 aliphatic heterocycles. The second kappa shape index (κ2) is 13.1. The number of nitrogens with zero attached hydrogens (tertiary/aromatic N) is 2. The van der Waals surface area contributed by atoms with Gasteiger partial charge in [-0.1, -0.05) is 38.5 Å². The molecule has 1 aromatic rings. The summed E-state index contributed by atoms with van der Waals surface area (Å²) in [5.41, 5.74) is 7.02. The highest BCUT2D eigenvalue weighted by molar-refractivity contribution is 5.95. The highest BCUT2D eigenvalue weighted by Crippen LogP contribution is 2.33. The minimum atomic E-state index is -0.940. The fraction of sp³-hybridized carbons (Fsp3) is 0.690. The number of piperidine rings is 1. The van der Waals surface area contributed by atoms with E-state index in [1.807, 2.05) is 52.0 Å². The summed E-state index contributed by atoms with van der Waals surface area (Å²) in [5.74, 6) is -0.203. The van der Waals surface area contributed by atoms with Gasteiger partial charge in [-0.05, 0) is 69.7 Å². The number of para-hydroxylation sites is 1. The Labute approximate surface area is 232 Å². The van der Waals surface area contributed by atoms with Crippen molar-refractivity contribution in [2.24, 2.45) is 11.1 Å². The first kappa shape index (κ1) is 30.8. The van der Waals surface area contributed by atoms with Gasteiger partial charge in [0.2, 0.25) is 11.8 Å². The number of nitrogens with one attached hydrogen (secondary N) is 2. The number of carbonyl (C=O) groups is 3. The quantitative estimate of drug-likeness (QED) is 0.354. The number of rotatable bonds is 10. The molecular weight excluding hydrogens is 498 g/mol. The maximum absolute atomic E-state index is 13.5. The number of amides is 3. The van der Waals surface area contributed by atoms with E-state index in [-0.39, 0.29) is 30.8 Å². The molecule has 5 N–H and O–H groups in total. The van der Waals surface area contributed by atoms with E-state index < -0.39 is 29.2 Å². The second-order valence-electron chi connectivity index (χ2n) is 12.3. The lowest BCUT2D eigenvalue weighted by Gasteiger charge is -2.40. The summed E-state index contributed by atoms with van der Waals surface area (Å²) in [7, 11) is 1.32. The predicted octanol–water partition coefficient (Wildman–Crippen LogP) is 2.18. The van der Waals surface area contributed by atoms with Crippen molar-refractivity contribution in [1.29, 1.82) is 0 Å². The molecule has 1 saturated heterocycles. The van der Waals surface area contributed by atoms with E-state index in [9.17, 15) is 19.5 Å². The topological polar surface area (TPSA) is 137 Å². The van der Waals surface area contributed by atoms with Crippen molar-refractivity contribution >= 4 is 23.6 Å². The highest BCUT2D eigenvalue weighted by atomic mass is 16.5. The van der Waals surface area contributed by atoms with Gasteiger partial charge in [0.25, 0.3) is 0 Å². The van der Waals surface area contributed by atoms with Crippen LogP contribution in [0.5, 0.6) is 0 Å². The third kappa shape index (κ3) is 8.16. The average Bonchev–Trinajstić information content (AvgIpc) is 2.90. The summed E-state index contributed by atoms with van der Waals surface area (Å²) in [6.07, 6.45) is 3.10. The van der Waals surface area contributed by atoms with E-state index in [1.54, 1.807) is 4.90 Å².